The number of nitrogens with zero attached hydrogens (tertiary/aromatic N) is 1. The Balaban J connectivity index is 1.88. The molecule has 1 fully saturated rings. The van der Waals surface area contributed by atoms with Crippen LogP contribution in [0.3, 0.4) is 0 Å². The molecule has 0 radical (unpaired) electrons. The Hall–Kier alpha value is -1.85. The van der Waals surface area contributed by atoms with Crippen molar-refractivity contribution >= 4 is 12.6 Å². The highest BCUT2D eigenvalue weighted by Crippen LogP contribution is 2.36. The highest BCUT2D eigenvalue weighted by Gasteiger charge is 2.51. The minimum atomic E-state index is -0.375. The van der Waals surface area contributed by atoms with E-state index in [1.165, 1.54) is 0 Å². The second-order valence-corrected chi connectivity index (χ2v) is 6.79. The van der Waals surface area contributed by atoms with E-state index in [0.29, 0.717) is 0 Å². The first-order valence-corrected chi connectivity index (χ1v) is 7.78. The van der Waals surface area contributed by atoms with Gasteiger partial charge in [0.05, 0.1) is 24.0 Å². The molecule has 1 saturated heterocycles. The molecule has 0 spiro atoms. The van der Waals surface area contributed by atoms with Gasteiger partial charge in [-0.1, -0.05) is 0 Å². The fraction of sp³-hybridized carbons (Fsp3) is 0.389. The van der Waals surface area contributed by atoms with E-state index in [1.807, 2.05) is 36.4 Å². The van der Waals surface area contributed by atoms with Crippen molar-refractivity contribution in [2.45, 2.75) is 38.9 Å². The van der Waals surface area contributed by atoms with Crippen LogP contribution in [0, 0.1) is 0 Å². The molecule has 120 valence electrons. The first kappa shape index (κ1) is 16.0. The Labute approximate surface area is 137 Å². The third-order valence-electron chi connectivity index (χ3n) is 4.70. The second kappa shape index (κ2) is 5.66. The molecule has 1 aromatic carbocycles. The van der Waals surface area contributed by atoms with Crippen molar-refractivity contribution < 1.29 is 14.0 Å². The van der Waals surface area contributed by atoms with Gasteiger partial charge in [-0.2, -0.15) is 0 Å². The summed E-state index contributed by atoms with van der Waals surface area (Å²) in [7, 11) is 1.28. The van der Waals surface area contributed by atoms with Gasteiger partial charge in [0, 0.05) is 11.8 Å². The van der Waals surface area contributed by atoms with E-state index in [9.17, 15) is 0 Å². The van der Waals surface area contributed by atoms with Crippen molar-refractivity contribution in [2.24, 2.45) is 0 Å². The number of hydrogen-bond acceptors (Lipinski definition) is 4. The average Bonchev–Trinajstić information content (AvgIpc) is 2.76. The van der Waals surface area contributed by atoms with Crippen LogP contribution in [0.15, 0.2) is 42.6 Å². The van der Waals surface area contributed by atoms with Crippen LogP contribution in [0.2, 0.25) is 0 Å². The van der Waals surface area contributed by atoms with E-state index >= 15 is 0 Å². The Morgan fingerprint density at radius 1 is 0.957 bits per heavy atom. The van der Waals surface area contributed by atoms with Crippen LogP contribution in [0.5, 0.6) is 5.75 Å². The monoisotopic (exact) mass is 311 g/mol. The van der Waals surface area contributed by atoms with Crippen molar-refractivity contribution in [3.8, 4) is 17.0 Å². The summed E-state index contributed by atoms with van der Waals surface area (Å²) in [5.41, 5.74) is 2.20. The lowest BCUT2D eigenvalue weighted by Gasteiger charge is -2.32. The topological polar surface area (TPSA) is 40.6 Å². The average molecular weight is 311 g/mol. The molecule has 0 bridgehead atoms. The lowest BCUT2D eigenvalue weighted by atomic mass is 9.79. The van der Waals surface area contributed by atoms with Gasteiger partial charge in [0.25, 0.3) is 0 Å². The smallest absolute Gasteiger partial charge is 0.494 e. The summed E-state index contributed by atoms with van der Waals surface area (Å²) in [5.74, 6) is 0.830. The number of methoxy groups -OCH3 is 1. The summed E-state index contributed by atoms with van der Waals surface area (Å²) in [6.07, 6.45) is 1.79. The number of ether oxygens (including phenoxy) is 1. The van der Waals surface area contributed by atoms with Crippen molar-refractivity contribution in [1.82, 2.24) is 4.98 Å². The third-order valence-corrected chi connectivity index (χ3v) is 4.70. The Morgan fingerprint density at radius 2 is 1.57 bits per heavy atom. The molecule has 2 aromatic rings. The van der Waals surface area contributed by atoms with Crippen LogP contribution in [0.1, 0.15) is 27.7 Å². The number of pyridine rings is 1. The van der Waals surface area contributed by atoms with Gasteiger partial charge < -0.3 is 14.0 Å². The quantitative estimate of drug-likeness (QED) is 0.817. The molecular formula is C18H22BNO3. The first-order valence-electron chi connectivity index (χ1n) is 7.78. The molecule has 0 N–H and O–H groups in total. The number of rotatable bonds is 3. The summed E-state index contributed by atoms with van der Waals surface area (Å²) in [5, 5.41) is 0. The van der Waals surface area contributed by atoms with Crippen molar-refractivity contribution in [3.05, 3.63) is 42.6 Å². The van der Waals surface area contributed by atoms with Gasteiger partial charge in [0.15, 0.2) is 0 Å². The van der Waals surface area contributed by atoms with Gasteiger partial charge in [-0.05, 0) is 69.6 Å². The van der Waals surface area contributed by atoms with Crippen LogP contribution in [-0.4, -0.2) is 30.4 Å². The second-order valence-electron chi connectivity index (χ2n) is 6.79. The zero-order valence-corrected chi connectivity index (χ0v) is 14.3. The zero-order valence-electron chi connectivity index (χ0n) is 14.3. The molecule has 1 aromatic heterocycles. The molecule has 5 heteroatoms. The van der Waals surface area contributed by atoms with Crippen LogP contribution in [-0.2, 0) is 9.31 Å². The minimum absolute atomic E-state index is 0.346. The standard InChI is InChI=1S/C18H22BNO3/c1-17(2)18(3,4)23-19(22-17)14-10-11-20-16(12-14)13-6-8-15(21-5)9-7-13/h6-12H,1-5H3. The molecule has 0 saturated carbocycles. The van der Waals surface area contributed by atoms with Gasteiger partial charge in [-0.25, -0.2) is 0 Å². The molecule has 3 rings (SSSR count). The van der Waals surface area contributed by atoms with E-state index in [2.05, 4.69) is 32.7 Å². The molecule has 0 aliphatic carbocycles. The number of benzene rings is 1. The summed E-state index contributed by atoms with van der Waals surface area (Å²) >= 11 is 0. The van der Waals surface area contributed by atoms with Gasteiger partial charge >= 0.3 is 7.12 Å². The highest BCUT2D eigenvalue weighted by atomic mass is 16.7. The molecule has 1 aliphatic rings. The van der Waals surface area contributed by atoms with Crippen LogP contribution in [0.4, 0.5) is 0 Å². The Bertz CT molecular complexity index is 682. The van der Waals surface area contributed by atoms with Crippen LogP contribution in [0.25, 0.3) is 11.3 Å². The maximum absolute atomic E-state index is 6.11. The summed E-state index contributed by atoms with van der Waals surface area (Å²) in [6.45, 7) is 8.22. The first-order chi connectivity index (χ1) is 10.8. The van der Waals surface area contributed by atoms with Gasteiger partial charge in [0.1, 0.15) is 5.75 Å². The predicted octanol–water partition coefficient (Wildman–Crippen LogP) is 3.06. The molecule has 0 unspecified atom stereocenters. The number of hydrogen-bond donors (Lipinski definition) is 0. The van der Waals surface area contributed by atoms with E-state index in [4.69, 9.17) is 14.0 Å². The molecular weight excluding hydrogens is 289 g/mol. The zero-order chi connectivity index (χ0) is 16.7. The van der Waals surface area contributed by atoms with Crippen molar-refractivity contribution in [3.63, 3.8) is 0 Å². The fourth-order valence-electron chi connectivity index (χ4n) is 2.49. The van der Waals surface area contributed by atoms with E-state index < -0.39 is 0 Å². The summed E-state index contributed by atoms with van der Waals surface area (Å²) in [4.78, 5) is 4.46. The Kier molecular flexibility index (Phi) is 3.94. The molecule has 4 nitrogen and oxygen atoms in total. The largest absolute Gasteiger partial charge is 0.497 e. The molecule has 2 heterocycles. The SMILES string of the molecule is COc1ccc(-c2cc(B3OC(C)(C)C(C)(C)O3)ccn2)cc1. The summed E-state index contributed by atoms with van der Waals surface area (Å²) < 4.78 is 17.4. The van der Waals surface area contributed by atoms with Gasteiger partial charge in [0.2, 0.25) is 0 Å². The molecule has 0 amide bonds. The van der Waals surface area contributed by atoms with E-state index in [-0.39, 0.29) is 18.3 Å². The van der Waals surface area contributed by atoms with Crippen LogP contribution < -0.4 is 10.2 Å². The van der Waals surface area contributed by atoms with E-state index in [0.717, 1.165) is 22.5 Å². The van der Waals surface area contributed by atoms with Gasteiger partial charge in [-0.3, -0.25) is 4.98 Å². The third kappa shape index (κ3) is 2.99. The van der Waals surface area contributed by atoms with Crippen molar-refractivity contribution in [1.29, 1.82) is 0 Å². The molecule has 0 atom stereocenters. The lowest BCUT2D eigenvalue weighted by Crippen LogP contribution is -2.41. The normalized spacial score (nSPS) is 18.9. The maximum Gasteiger partial charge on any atom is 0.494 e. The summed E-state index contributed by atoms with van der Waals surface area (Å²) in [6, 6.07) is 11.8. The molecule has 1 aliphatic heterocycles. The van der Waals surface area contributed by atoms with Crippen molar-refractivity contribution in [2.75, 3.05) is 7.11 Å². The fourth-order valence-corrected chi connectivity index (χ4v) is 2.49. The van der Waals surface area contributed by atoms with Gasteiger partial charge in [-0.15, -0.1) is 0 Å². The predicted molar refractivity (Wildman–Crippen MR) is 91.9 cm³/mol. The van der Waals surface area contributed by atoms with Crippen LogP contribution >= 0.6 is 0 Å². The minimum Gasteiger partial charge on any atom is -0.497 e. The molecule has 23 heavy (non-hydrogen) atoms. The lowest BCUT2D eigenvalue weighted by molar-refractivity contribution is 0.00578. The Morgan fingerprint density at radius 3 is 2.13 bits per heavy atom. The number of aromatic nitrogens is 1. The maximum atomic E-state index is 6.11. The van der Waals surface area contributed by atoms with E-state index in [1.54, 1.807) is 13.3 Å². The highest BCUT2D eigenvalue weighted by molar-refractivity contribution is 6.62.